The van der Waals surface area contributed by atoms with Crippen LogP contribution in [0.15, 0.2) is 72.9 Å². The zero-order valence-electron chi connectivity index (χ0n) is 14.3. The molecule has 3 aromatic rings. The summed E-state index contributed by atoms with van der Waals surface area (Å²) in [5.74, 6) is 0.401. The number of halogens is 1. The molecule has 2 aromatic carbocycles. The zero-order valence-corrected chi connectivity index (χ0v) is 14.3. The van der Waals surface area contributed by atoms with Crippen LogP contribution < -0.4 is 10.6 Å². The number of anilines is 2. The molecule has 0 radical (unpaired) electrons. The van der Waals surface area contributed by atoms with Crippen molar-refractivity contribution in [2.24, 2.45) is 0 Å². The monoisotopic (exact) mass is 349 g/mol. The van der Waals surface area contributed by atoms with E-state index in [-0.39, 0.29) is 11.7 Å². The fourth-order valence-electron chi connectivity index (χ4n) is 2.49. The van der Waals surface area contributed by atoms with Crippen molar-refractivity contribution < 1.29 is 9.18 Å². The van der Waals surface area contributed by atoms with E-state index >= 15 is 0 Å². The van der Waals surface area contributed by atoms with Gasteiger partial charge in [-0.25, -0.2) is 9.37 Å². The minimum Gasteiger partial charge on any atom is -0.366 e. The molecular weight excluding hydrogens is 329 g/mol. The van der Waals surface area contributed by atoms with E-state index in [1.54, 1.807) is 30.5 Å². The molecule has 0 spiro atoms. The number of nitrogens with zero attached hydrogens (tertiary/aromatic N) is 1. The lowest BCUT2D eigenvalue weighted by Crippen LogP contribution is -2.12. The van der Waals surface area contributed by atoms with E-state index in [1.165, 1.54) is 12.1 Å². The number of pyridine rings is 1. The van der Waals surface area contributed by atoms with Gasteiger partial charge in [0.05, 0.1) is 11.9 Å². The average Bonchev–Trinajstić information content (AvgIpc) is 2.68. The summed E-state index contributed by atoms with van der Waals surface area (Å²) in [5, 5.41) is 6.01. The molecule has 0 aliphatic heterocycles. The van der Waals surface area contributed by atoms with Gasteiger partial charge in [0.2, 0.25) is 5.91 Å². The molecule has 5 heteroatoms. The van der Waals surface area contributed by atoms with Crippen LogP contribution in [0.4, 0.5) is 15.9 Å². The Morgan fingerprint density at radius 2 is 1.69 bits per heavy atom. The molecule has 0 aliphatic rings. The van der Waals surface area contributed by atoms with Gasteiger partial charge < -0.3 is 10.6 Å². The summed E-state index contributed by atoms with van der Waals surface area (Å²) in [5.41, 5.74) is 2.77. The Morgan fingerprint density at radius 3 is 2.38 bits per heavy atom. The first-order valence-corrected chi connectivity index (χ1v) is 8.47. The van der Waals surface area contributed by atoms with Crippen molar-refractivity contribution >= 4 is 17.4 Å². The molecule has 4 nitrogen and oxygen atoms in total. The fraction of sp³-hybridized carbons (Fsp3) is 0.143. The largest absolute Gasteiger partial charge is 0.366 e. The molecule has 3 rings (SSSR count). The Balaban J connectivity index is 1.46. The summed E-state index contributed by atoms with van der Waals surface area (Å²) in [6.45, 7) is 0.552. The Bertz CT molecular complexity index is 833. The van der Waals surface area contributed by atoms with E-state index in [1.807, 2.05) is 30.3 Å². The van der Waals surface area contributed by atoms with E-state index in [2.05, 4.69) is 15.6 Å². The van der Waals surface area contributed by atoms with Crippen molar-refractivity contribution in [2.45, 2.75) is 19.4 Å². The topological polar surface area (TPSA) is 54.0 Å². The van der Waals surface area contributed by atoms with Gasteiger partial charge in [0, 0.05) is 13.0 Å². The van der Waals surface area contributed by atoms with Crippen molar-refractivity contribution in [1.29, 1.82) is 0 Å². The Hall–Kier alpha value is -3.21. The van der Waals surface area contributed by atoms with E-state index in [9.17, 15) is 9.18 Å². The summed E-state index contributed by atoms with van der Waals surface area (Å²) in [6, 6.07) is 19.8. The molecule has 0 unspecified atom stereocenters. The first-order chi connectivity index (χ1) is 12.7. The van der Waals surface area contributed by atoms with Crippen LogP contribution in [0.2, 0.25) is 0 Å². The first kappa shape index (κ1) is 17.6. The minimum atomic E-state index is -0.251. The molecule has 0 atom stereocenters. The highest BCUT2D eigenvalue weighted by molar-refractivity contribution is 5.90. The minimum absolute atomic E-state index is 0.0392. The quantitative estimate of drug-likeness (QED) is 0.664. The van der Waals surface area contributed by atoms with Crippen LogP contribution in [0.3, 0.4) is 0 Å². The van der Waals surface area contributed by atoms with E-state index in [0.717, 1.165) is 11.1 Å². The smallest absolute Gasteiger partial charge is 0.224 e. The molecule has 0 bridgehead atoms. The molecule has 132 valence electrons. The summed E-state index contributed by atoms with van der Waals surface area (Å²) in [7, 11) is 0. The summed E-state index contributed by atoms with van der Waals surface area (Å²) >= 11 is 0. The lowest BCUT2D eigenvalue weighted by Gasteiger charge is -2.08. The van der Waals surface area contributed by atoms with Crippen LogP contribution in [-0.4, -0.2) is 10.9 Å². The van der Waals surface area contributed by atoms with Gasteiger partial charge in [0.15, 0.2) is 0 Å². The van der Waals surface area contributed by atoms with Gasteiger partial charge in [-0.1, -0.05) is 42.5 Å². The molecular formula is C21H20FN3O. The first-order valence-electron chi connectivity index (χ1n) is 8.47. The number of hydrogen-bond acceptors (Lipinski definition) is 3. The number of aromatic nitrogens is 1. The highest BCUT2D eigenvalue weighted by Gasteiger charge is 2.04. The van der Waals surface area contributed by atoms with Crippen LogP contribution in [0.25, 0.3) is 0 Å². The highest BCUT2D eigenvalue weighted by atomic mass is 19.1. The maximum absolute atomic E-state index is 12.9. The third kappa shape index (κ3) is 5.41. The third-order valence-electron chi connectivity index (χ3n) is 3.92. The number of carbonyl (C=O) groups is 1. The SMILES string of the molecule is O=C(CCc1ccccc1)Nc1ccc(NCc2ccc(F)cc2)nc1. The van der Waals surface area contributed by atoms with Crippen molar-refractivity contribution in [3.63, 3.8) is 0 Å². The van der Waals surface area contributed by atoms with Gasteiger partial charge in [-0.15, -0.1) is 0 Å². The molecule has 0 saturated heterocycles. The van der Waals surface area contributed by atoms with Crippen LogP contribution in [-0.2, 0) is 17.8 Å². The average molecular weight is 349 g/mol. The molecule has 0 aliphatic carbocycles. The van der Waals surface area contributed by atoms with E-state index in [0.29, 0.717) is 30.9 Å². The number of aryl methyl sites for hydroxylation is 1. The van der Waals surface area contributed by atoms with Crippen molar-refractivity contribution in [3.05, 3.63) is 89.9 Å². The highest BCUT2D eigenvalue weighted by Crippen LogP contribution is 2.12. The standard InChI is InChI=1S/C21H20FN3O/c22-18-9-6-17(7-10-18)14-23-20-12-11-19(15-24-20)25-21(26)13-8-16-4-2-1-3-5-16/h1-7,9-12,15H,8,13-14H2,(H,23,24)(H,25,26). The van der Waals surface area contributed by atoms with E-state index in [4.69, 9.17) is 0 Å². The van der Waals surface area contributed by atoms with Crippen molar-refractivity contribution in [3.8, 4) is 0 Å². The number of benzene rings is 2. The van der Waals surface area contributed by atoms with Gasteiger partial charge in [0.1, 0.15) is 11.6 Å². The summed E-state index contributed by atoms with van der Waals surface area (Å²) in [4.78, 5) is 16.3. The normalized spacial score (nSPS) is 10.3. The molecule has 1 aromatic heterocycles. The van der Waals surface area contributed by atoms with Gasteiger partial charge in [-0.05, 0) is 41.8 Å². The number of hydrogen-bond donors (Lipinski definition) is 2. The van der Waals surface area contributed by atoms with Crippen molar-refractivity contribution in [2.75, 3.05) is 10.6 Å². The number of rotatable bonds is 7. The Kier molecular flexibility index (Phi) is 5.93. The van der Waals surface area contributed by atoms with Gasteiger partial charge in [-0.2, -0.15) is 0 Å². The second kappa shape index (κ2) is 8.76. The lowest BCUT2D eigenvalue weighted by molar-refractivity contribution is -0.116. The maximum atomic E-state index is 12.9. The molecule has 0 fully saturated rings. The second-order valence-electron chi connectivity index (χ2n) is 5.95. The zero-order chi connectivity index (χ0) is 18.2. The van der Waals surface area contributed by atoms with Crippen LogP contribution in [0, 0.1) is 5.82 Å². The predicted octanol–water partition coefficient (Wildman–Crippen LogP) is 4.40. The molecule has 1 amide bonds. The summed E-state index contributed by atoms with van der Waals surface area (Å²) < 4.78 is 12.9. The van der Waals surface area contributed by atoms with Crippen LogP contribution >= 0.6 is 0 Å². The molecule has 1 heterocycles. The number of carbonyl (C=O) groups excluding carboxylic acids is 1. The lowest BCUT2D eigenvalue weighted by atomic mass is 10.1. The fourth-order valence-corrected chi connectivity index (χ4v) is 2.49. The van der Waals surface area contributed by atoms with Gasteiger partial charge in [0.25, 0.3) is 0 Å². The molecule has 26 heavy (non-hydrogen) atoms. The molecule has 0 saturated carbocycles. The molecule has 2 N–H and O–H groups in total. The summed E-state index contributed by atoms with van der Waals surface area (Å²) in [6.07, 6.45) is 2.75. The predicted molar refractivity (Wildman–Crippen MR) is 101 cm³/mol. The van der Waals surface area contributed by atoms with Crippen LogP contribution in [0.1, 0.15) is 17.5 Å². The number of amides is 1. The number of nitrogens with one attached hydrogen (secondary N) is 2. The van der Waals surface area contributed by atoms with Crippen molar-refractivity contribution in [1.82, 2.24) is 4.98 Å². The van der Waals surface area contributed by atoms with Gasteiger partial charge >= 0.3 is 0 Å². The third-order valence-corrected chi connectivity index (χ3v) is 3.92. The van der Waals surface area contributed by atoms with E-state index < -0.39 is 0 Å². The second-order valence-corrected chi connectivity index (χ2v) is 5.95. The Labute approximate surface area is 152 Å². The Morgan fingerprint density at radius 1 is 0.923 bits per heavy atom. The van der Waals surface area contributed by atoms with Gasteiger partial charge in [-0.3, -0.25) is 4.79 Å². The van der Waals surface area contributed by atoms with Crippen LogP contribution in [0.5, 0.6) is 0 Å². The maximum Gasteiger partial charge on any atom is 0.224 e.